The zero-order chi connectivity index (χ0) is 12.4. The van der Waals surface area contributed by atoms with E-state index in [1.165, 1.54) is 19.3 Å². The van der Waals surface area contributed by atoms with Crippen molar-refractivity contribution in [3.05, 3.63) is 29.8 Å². The molecule has 4 nitrogen and oxygen atoms in total. The van der Waals surface area contributed by atoms with Crippen molar-refractivity contribution in [2.75, 3.05) is 13.1 Å². The second-order valence-corrected chi connectivity index (χ2v) is 4.69. The smallest absolute Gasteiger partial charge is 0.198 e. The number of aromatic amines is 1. The molecule has 1 fully saturated rings. The normalized spacial score (nSPS) is 16.8. The third kappa shape index (κ3) is 2.06. The lowest BCUT2D eigenvalue weighted by atomic mass is 10.2. The van der Waals surface area contributed by atoms with E-state index in [0.717, 1.165) is 29.6 Å². The predicted octanol–water partition coefficient (Wildman–Crippen LogP) is 2.69. The third-order valence-corrected chi connectivity index (χ3v) is 3.41. The van der Waals surface area contributed by atoms with Crippen LogP contribution in [0.4, 0.5) is 0 Å². The molecule has 1 saturated heterocycles. The topological polar surface area (TPSA) is 51.6 Å². The Labute approximate surface area is 106 Å². The highest BCUT2D eigenvalue weighted by molar-refractivity contribution is 6.01. The molecule has 2 aromatic rings. The molecule has 0 radical (unpaired) electrons. The summed E-state index contributed by atoms with van der Waals surface area (Å²) in [5.74, 6) is 0.192. The zero-order valence-electron chi connectivity index (χ0n) is 10.3. The molecule has 1 aliphatic heterocycles. The summed E-state index contributed by atoms with van der Waals surface area (Å²) in [7, 11) is 0. The lowest BCUT2D eigenvalue weighted by Gasteiger charge is -2.23. The third-order valence-electron chi connectivity index (χ3n) is 3.41. The zero-order valence-corrected chi connectivity index (χ0v) is 10.3. The highest BCUT2D eigenvalue weighted by atomic mass is 16.3. The molecule has 4 heteroatoms. The van der Waals surface area contributed by atoms with E-state index in [9.17, 15) is 5.11 Å². The number of aromatic nitrogens is 1. The molecule has 0 amide bonds. The molecule has 0 atom stereocenters. The van der Waals surface area contributed by atoms with Crippen LogP contribution in [0, 0.1) is 0 Å². The van der Waals surface area contributed by atoms with Gasteiger partial charge in [0.25, 0.3) is 0 Å². The molecule has 94 valence electrons. The van der Waals surface area contributed by atoms with Gasteiger partial charge in [0.1, 0.15) is 0 Å². The molecule has 2 N–H and O–H groups in total. The average molecular weight is 243 g/mol. The van der Waals surface area contributed by atoms with Gasteiger partial charge < -0.3 is 10.1 Å². The van der Waals surface area contributed by atoms with Gasteiger partial charge in [0.2, 0.25) is 0 Å². The average Bonchev–Trinajstić information content (AvgIpc) is 2.73. The van der Waals surface area contributed by atoms with Crippen LogP contribution in [-0.2, 0) is 0 Å². The Balaban J connectivity index is 1.89. The fraction of sp³-hybridized carbons (Fsp3) is 0.357. The van der Waals surface area contributed by atoms with Crippen molar-refractivity contribution >= 4 is 17.1 Å². The Morgan fingerprint density at radius 1 is 1.17 bits per heavy atom. The summed E-state index contributed by atoms with van der Waals surface area (Å²) in [5, 5.41) is 17.4. The minimum atomic E-state index is 0.192. The van der Waals surface area contributed by atoms with E-state index in [-0.39, 0.29) is 5.88 Å². The summed E-state index contributed by atoms with van der Waals surface area (Å²) < 4.78 is 0. The number of aromatic hydroxyl groups is 1. The Morgan fingerprint density at radius 3 is 2.78 bits per heavy atom. The fourth-order valence-corrected chi connectivity index (χ4v) is 2.41. The number of nitrogens with one attached hydrogen (secondary N) is 1. The number of hydrogen-bond acceptors (Lipinski definition) is 3. The first-order valence-corrected chi connectivity index (χ1v) is 6.43. The SMILES string of the molecule is Oc1[nH]c2ccccc2c1C=NN1CCCCC1. The van der Waals surface area contributed by atoms with Crippen molar-refractivity contribution in [3.63, 3.8) is 0 Å². The predicted molar refractivity (Wildman–Crippen MR) is 73.0 cm³/mol. The van der Waals surface area contributed by atoms with Gasteiger partial charge in [0.15, 0.2) is 5.88 Å². The van der Waals surface area contributed by atoms with Crippen molar-refractivity contribution in [1.82, 2.24) is 9.99 Å². The number of hydrogen-bond donors (Lipinski definition) is 2. The van der Waals surface area contributed by atoms with Gasteiger partial charge in [-0.2, -0.15) is 5.10 Å². The fourth-order valence-electron chi connectivity index (χ4n) is 2.41. The number of H-pyrrole nitrogens is 1. The van der Waals surface area contributed by atoms with Gasteiger partial charge in [-0.1, -0.05) is 18.2 Å². The monoisotopic (exact) mass is 243 g/mol. The van der Waals surface area contributed by atoms with Gasteiger partial charge in [0.05, 0.1) is 11.8 Å². The molecular formula is C14H17N3O. The largest absolute Gasteiger partial charge is 0.494 e. The molecule has 0 bridgehead atoms. The minimum absolute atomic E-state index is 0.192. The van der Waals surface area contributed by atoms with Crippen LogP contribution in [0.5, 0.6) is 5.88 Å². The number of fused-ring (bicyclic) bond motifs is 1. The van der Waals surface area contributed by atoms with E-state index in [2.05, 4.69) is 15.1 Å². The first-order valence-electron chi connectivity index (χ1n) is 6.43. The van der Waals surface area contributed by atoms with Crippen LogP contribution in [0.15, 0.2) is 29.4 Å². The molecular weight excluding hydrogens is 226 g/mol. The maximum atomic E-state index is 9.90. The van der Waals surface area contributed by atoms with Crippen molar-refractivity contribution < 1.29 is 5.11 Å². The van der Waals surface area contributed by atoms with E-state index in [4.69, 9.17) is 0 Å². The summed E-state index contributed by atoms with van der Waals surface area (Å²) in [6.45, 7) is 2.03. The Morgan fingerprint density at radius 2 is 1.94 bits per heavy atom. The van der Waals surface area contributed by atoms with Crippen molar-refractivity contribution in [2.24, 2.45) is 5.10 Å². The number of hydrazone groups is 1. The molecule has 0 unspecified atom stereocenters. The number of rotatable bonds is 2. The molecule has 1 aromatic carbocycles. The van der Waals surface area contributed by atoms with Gasteiger partial charge in [-0.3, -0.25) is 5.01 Å². The quantitative estimate of drug-likeness (QED) is 0.797. The van der Waals surface area contributed by atoms with Gasteiger partial charge in [0, 0.05) is 24.0 Å². The molecule has 0 saturated carbocycles. The van der Waals surface area contributed by atoms with E-state index < -0.39 is 0 Å². The maximum Gasteiger partial charge on any atom is 0.198 e. The molecule has 18 heavy (non-hydrogen) atoms. The van der Waals surface area contributed by atoms with Gasteiger partial charge in [-0.15, -0.1) is 0 Å². The number of benzene rings is 1. The molecule has 1 aliphatic rings. The van der Waals surface area contributed by atoms with Crippen LogP contribution < -0.4 is 0 Å². The molecule has 1 aromatic heterocycles. The highest BCUT2D eigenvalue weighted by Crippen LogP contribution is 2.25. The van der Waals surface area contributed by atoms with Crippen molar-refractivity contribution in [1.29, 1.82) is 0 Å². The first kappa shape index (κ1) is 11.1. The maximum absolute atomic E-state index is 9.90. The summed E-state index contributed by atoms with van der Waals surface area (Å²) in [5.41, 5.74) is 1.71. The Kier molecular flexibility index (Phi) is 2.92. The standard InChI is InChI=1S/C14H17N3O/c18-14-12(10-15-17-8-4-1-5-9-17)11-6-2-3-7-13(11)16-14/h2-3,6-7,10,16,18H,1,4-5,8-9H2. The molecule has 2 heterocycles. The van der Waals surface area contributed by atoms with E-state index in [1.807, 2.05) is 24.3 Å². The Hall–Kier alpha value is -1.97. The van der Waals surface area contributed by atoms with Crippen LogP contribution in [-0.4, -0.2) is 34.4 Å². The van der Waals surface area contributed by atoms with E-state index in [0.29, 0.717) is 0 Å². The van der Waals surface area contributed by atoms with Crippen LogP contribution in [0.2, 0.25) is 0 Å². The van der Waals surface area contributed by atoms with Crippen LogP contribution >= 0.6 is 0 Å². The molecule has 3 rings (SSSR count). The Bertz CT molecular complexity index is 567. The van der Waals surface area contributed by atoms with Gasteiger partial charge in [-0.05, 0) is 25.3 Å². The highest BCUT2D eigenvalue weighted by Gasteiger charge is 2.10. The van der Waals surface area contributed by atoms with E-state index in [1.54, 1.807) is 6.21 Å². The molecule has 0 spiro atoms. The summed E-state index contributed by atoms with van der Waals surface area (Å²) in [6, 6.07) is 7.86. The van der Waals surface area contributed by atoms with E-state index >= 15 is 0 Å². The summed E-state index contributed by atoms with van der Waals surface area (Å²) in [4.78, 5) is 2.96. The van der Waals surface area contributed by atoms with Crippen molar-refractivity contribution in [2.45, 2.75) is 19.3 Å². The minimum Gasteiger partial charge on any atom is -0.494 e. The summed E-state index contributed by atoms with van der Waals surface area (Å²) in [6.07, 6.45) is 5.47. The lowest BCUT2D eigenvalue weighted by molar-refractivity contribution is 0.240. The van der Waals surface area contributed by atoms with Gasteiger partial charge >= 0.3 is 0 Å². The number of para-hydroxylation sites is 1. The number of nitrogens with zero attached hydrogens (tertiary/aromatic N) is 2. The van der Waals surface area contributed by atoms with Crippen LogP contribution in [0.3, 0.4) is 0 Å². The van der Waals surface area contributed by atoms with Crippen molar-refractivity contribution in [3.8, 4) is 5.88 Å². The first-order chi connectivity index (χ1) is 8.84. The lowest BCUT2D eigenvalue weighted by Crippen LogP contribution is -2.24. The van der Waals surface area contributed by atoms with Crippen LogP contribution in [0.25, 0.3) is 10.9 Å². The summed E-state index contributed by atoms with van der Waals surface area (Å²) >= 11 is 0. The second-order valence-electron chi connectivity index (χ2n) is 4.69. The second kappa shape index (κ2) is 4.72. The molecule has 0 aliphatic carbocycles. The van der Waals surface area contributed by atoms with Crippen LogP contribution in [0.1, 0.15) is 24.8 Å². The number of piperidine rings is 1. The van der Waals surface area contributed by atoms with Gasteiger partial charge in [-0.25, -0.2) is 0 Å².